The number of aliphatic hydroxyl groups excluding tert-OH is 4. The minimum absolute atomic E-state index is 0.0961. The molecule has 0 aromatic heterocycles. The largest absolute Gasteiger partial charge is 0.508 e. The molecule has 190 valence electrons. The molecule has 1 aliphatic carbocycles. The first-order valence-corrected chi connectivity index (χ1v) is 11.1. The third kappa shape index (κ3) is 5.41. The molecule has 0 radical (unpaired) electrons. The van der Waals surface area contributed by atoms with Crippen molar-refractivity contribution in [3.8, 4) is 5.75 Å². The van der Waals surface area contributed by atoms with Crippen LogP contribution >= 0.6 is 0 Å². The fourth-order valence-electron chi connectivity index (χ4n) is 4.30. The molecule has 2 aliphatic heterocycles. The summed E-state index contributed by atoms with van der Waals surface area (Å²) in [6.07, 6.45) is 0.243. The number of phenols is 1. The molecule has 11 heteroatoms. The molecule has 1 aromatic carbocycles. The average molecular weight is 492 g/mol. The van der Waals surface area contributed by atoms with Gasteiger partial charge in [0.2, 0.25) is 6.29 Å². The summed E-state index contributed by atoms with van der Waals surface area (Å²) < 4.78 is 21.9. The maximum Gasteiger partial charge on any atom is 0.330 e. The van der Waals surface area contributed by atoms with Crippen molar-refractivity contribution >= 4 is 12.0 Å². The molecule has 2 heterocycles. The van der Waals surface area contributed by atoms with Crippen molar-refractivity contribution in [2.24, 2.45) is 11.8 Å². The summed E-state index contributed by atoms with van der Waals surface area (Å²) in [5.41, 5.74) is -1.02. The van der Waals surface area contributed by atoms with Gasteiger partial charge in [-0.25, -0.2) is 4.79 Å². The number of ether oxygens (including phenoxy) is 4. The predicted molar refractivity (Wildman–Crippen MR) is 118 cm³/mol. The molecule has 0 spiro atoms. The van der Waals surface area contributed by atoms with Gasteiger partial charge in [0.1, 0.15) is 42.4 Å². The van der Waals surface area contributed by atoms with E-state index >= 15 is 0 Å². The second-order valence-corrected chi connectivity index (χ2v) is 8.65. The van der Waals surface area contributed by atoms with Gasteiger partial charge in [-0.15, -0.1) is 0 Å². The normalized spacial score (nSPS) is 38.3. The lowest BCUT2D eigenvalue weighted by Crippen LogP contribution is -2.61. The number of aliphatic hydroxyl groups is 5. The Bertz CT molecular complexity index is 972. The van der Waals surface area contributed by atoms with Gasteiger partial charge in [-0.1, -0.05) is 24.3 Å². The number of aromatic hydroxyl groups is 1. The molecule has 4 rings (SSSR count). The van der Waals surface area contributed by atoms with E-state index in [0.29, 0.717) is 5.56 Å². The first-order chi connectivity index (χ1) is 16.7. The summed E-state index contributed by atoms with van der Waals surface area (Å²) in [5.74, 6) is -1.76. The number of hydrogen-bond acceptors (Lipinski definition) is 11. The van der Waals surface area contributed by atoms with Crippen LogP contribution in [-0.2, 0) is 23.7 Å². The number of fused-ring (bicyclic) bond motifs is 1. The average Bonchev–Trinajstić information content (AvgIpc) is 3.20. The molecule has 0 amide bonds. The van der Waals surface area contributed by atoms with E-state index in [2.05, 4.69) is 0 Å². The lowest BCUT2D eigenvalue weighted by atomic mass is 9.83. The van der Waals surface area contributed by atoms with Gasteiger partial charge >= 0.3 is 5.97 Å². The number of allylic oxidation sites excluding steroid dienone is 2. The number of carbonyl (C=O) groups is 1. The fraction of sp³-hybridized carbons (Fsp3) is 0.458. The predicted octanol–water partition coefficient (Wildman–Crippen LogP) is -0.832. The highest BCUT2D eigenvalue weighted by atomic mass is 16.8. The molecular formula is C24H28O11. The highest BCUT2D eigenvalue weighted by Crippen LogP contribution is 2.42. The Balaban J connectivity index is 1.41. The molecule has 0 saturated carbocycles. The SMILES string of the molecule is O=C(/C=C/c1ccc(O)cc1)OC[C@@]1(O)C=C[C@@H]2C=CO[C@@H](O[C@@H]3O[C@H](CO)[C@@H](O)[C@H](O)[C@H]3O)[C@@H]21. The van der Waals surface area contributed by atoms with E-state index in [9.17, 15) is 35.4 Å². The number of rotatable bonds is 7. The minimum Gasteiger partial charge on any atom is -0.508 e. The molecular weight excluding hydrogens is 464 g/mol. The van der Waals surface area contributed by atoms with Crippen molar-refractivity contribution in [1.82, 2.24) is 0 Å². The summed E-state index contributed by atoms with van der Waals surface area (Å²) in [6, 6.07) is 6.18. The van der Waals surface area contributed by atoms with Crippen LogP contribution in [0.15, 0.2) is 54.8 Å². The van der Waals surface area contributed by atoms with Gasteiger partial charge in [-0.2, -0.15) is 0 Å². The van der Waals surface area contributed by atoms with E-state index in [1.54, 1.807) is 24.3 Å². The van der Waals surface area contributed by atoms with Crippen LogP contribution in [0.5, 0.6) is 5.75 Å². The Morgan fingerprint density at radius 2 is 1.80 bits per heavy atom. The lowest BCUT2D eigenvalue weighted by Gasteiger charge is -2.44. The van der Waals surface area contributed by atoms with E-state index in [1.165, 1.54) is 36.6 Å². The molecule has 1 saturated heterocycles. The van der Waals surface area contributed by atoms with E-state index in [-0.39, 0.29) is 11.7 Å². The molecule has 0 unspecified atom stereocenters. The summed E-state index contributed by atoms with van der Waals surface area (Å²) in [6.45, 7) is -1.05. The molecule has 1 fully saturated rings. The van der Waals surface area contributed by atoms with Crippen LogP contribution in [0, 0.1) is 11.8 Å². The van der Waals surface area contributed by atoms with Crippen LogP contribution in [0.3, 0.4) is 0 Å². The van der Waals surface area contributed by atoms with Crippen molar-refractivity contribution in [1.29, 1.82) is 0 Å². The number of benzene rings is 1. The number of hydrogen-bond donors (Lipinski definition) is 6. The molecule has 11 nitrogen and oxygen atoms in total. The van der Waals surface area contributed by atoms with E-state index in [1.807, 2.05) is 0 Å². The van der Waals surface area contributed by atoms with Crippen LogP contribution in [0.1, 0.15) is 5.56 Å². The standard InChI is InChI=1S/C24H28O11/c25-11-16-19(28)20(29)21(30)23(34-16)35-22-18-14(8-10-32-22)7-9-24(18,31)12-33-17(27)6-3-13-1-4-15(26)5-2-13/h1-10,14,16,18-23,25-26,28-31H,11-12H2/b6-3+/t14-,16-,18-,19-,20+,21-,22+,23+,24+/m1/s1. The fourth-order valence-corrected chi connectivity index (χ4v) is 4.30. The summed E-state index contributed by atoms with van der Waals surface area (Å²) in [5, 5.41) is 60.2. The quantitative estimate of drug-likeness (QED) is 0.159. The maximum absolute atomic E-state index is 12.2. The zero-order chi connectivity index (χ0) is 25.2. The van der Waals surface area contributed by atoms with Gasteiger partial charge in [0.15, 0.2) is 6.29 Å². The van der Waals surface area contributed by atoms with Crippen LogP contribution in [-0.4, -0.2) is 92.4 Å². The number of phenolic OH excluding ortho intramolecular Hbond substituents is 1. The first-order valence-electron chi connectivity index (χ1n) is 11.1. The summed E-state index contributed by atoms with van der Waals surface area (Å²) in [7, 11) is 0. The second kappa shape index (κ2) is 10.5. The van der Waals surface area contributed by atoms with Gasteiger partial charge in [-0.3, -0.25) is 0 Å². The third-order valence-electron chi connectivity index (χ3n) is 6.27. The van der Waals surface area contributed by atoms with Crippen molar-refractivity contribution in [2.75, 3.05) is 13.2 Å². The van der Waals surface area contributed by atoms with Gasteiger partial charge < -0.3 is 49.6 Å². The lowest BCUT2D eigenvalue weighted by molar-refractivity contribution is -0.346. The van der Waals surface area contributed by atoms with Gasteiger partial charge in [0.05, 0.1) is 18.8 Å². The number of carbonyl (C=O) groups excluding carboxylic acids is 1. The van der Waals surface area contributed by atoms with Crippen molar-refractivity contribution in [3.05, 3.63) is 60.4 Å². The van der Waals surface area contributed by atoms with Crippen molar-refractivity contribution < 1.29 is 54.4 Å². The van der Waals surface area contributed by atoms with E-state index < -0.39 is 67.7 Å². The highest BCUT2D eigenvalue weighted by molar-refractivity contribution is 5.87. The third-order valence-corrected chi connectivity index (χ3v) is 6.27. The smallest absolute Gasteiger partial charge is 0.330 e. The van der Waals surface area contributed by atoms with Crippen LogP contribution in [0.2, 0.25) is 0 Å². The molecule has 0 bridgehead atoms. The Morgan fingerprint density at radius 3 is 2.51 bits per heavy atom. The summed E-state index contributed by atoms with van der Waals surface area (Å²) >= 11 is 0. The van der Waals surface area contributed by atoms with Gasteiger partial charge in [0.25, 0.3) is 0 Å². The highest BCUT2D eigenvalue weighted by Gasteiger charge is 2.53. The Kier molecular flexibility index (Phi) is 7.57. The van der Waals surface area contributed by atoms with Crippen molar-refractivity contribution in [2.45, 2.75) is 42.6 Å². The van der Waals surface area contributed by atoms with E-state index in [4.69, 9.17) is 18.9 Å². The van der Waals surface area contributed by atoms with Crippen LogP contribution < -0.4 is 0 Å². The van der Waals surface area contributed by atoms with Gasteiger partial charge in [0, 0.05) is 12.0 Å². The molecule has 1 aromatic rings. The Labute approximate surface area is 200 Å². The maximum atomic E-state index is 12.2. The monoisotopic (exact) mass is 492 g/mol. The van der Waals surface area contributed by atoms with Gasteiger partial charge in [-0.05, 0) is 29.8 Å². The zero-order valence-corrected chi connectivity index (χ0v) is 18.5. The number of esters is 1. The van der Waals surface area contributed by atoms with Crippen LogP contribution in [0.25, 0.3) is 6.08 Å². The molecule has 35 heavy (non-hydrogen) atoms. The molecule has 9 atom stereocenters. The first kappa shape index (κ1) is 25.3. The topological polar surface area (TPSA) is 175 Å². The minimum atomic E-state index is -1.68. The van der Waals surface area contributed by atoms with Crippen molar-refractivity contribution in [3.63, 3.8) is 0 Å². The molecule has 6 N–H and O–H groups in total. The second-order valence-electron chi connectivity index (χ2n) is 8.65. The van der Waals surface area contributed by atoms with Crippen LogP contribution in [0.4, 0.5) is 0 Å². The Morgan fingerprint density at radius 1 is 1.06 bits per heavy atom. The van der Waals surface area contributed by atoms with E-state index in [0.717, 1.165) is 0 Å². The Hall–Kier alpha value is -2.77. The molecule has 3 aliphatic rings. The summed E-state index contributed by atoms with van der Waals surface area (Å²) in [4.78, 5) is 12.2. The zero-order valence-electron chi connectivity index (χ0n) is 18.5.